The number of amidine groups is 1. The number of benzene rings is 3. The molecule has 0 unspecified atom stereocenters. The maximum atomic E-state index is 12.6. The number of hydrogen-bond donors (Lipinski definition) is 1. The van der Waals surface area contributed by atoms with E-state index in [9.17, 15) is 4.79 Å². The minimum atomic E-state index is -0.184. The second kappa shape index (κ2) is 11.8. The molecular weight excluding hydrogens is 480 g/mol. The van der Waals surface area contributed by atoms with Crippen LogP contribution in [0.25, 0.3) is 6.08 Å². The van der Waals surface area contributed by atoms with Gasteiger partial charge in [0, 0.05) is 10.6 Å². The highest BCUT2D eigenvalue weighted by molar-refractivity contribution is 8.18. The fraction of sp³-hybridized carbons (Fsp3) is 0.143. The van der Waals surface area contributed by atoms with E-state index < -0.39 is 0 Å². The lowest BCUT2D eigenvalue weighted by Gasteiger charge is -2.17. The molecule has 1 aliphatic rings. The number of rotatable bonds is 9. The van der Waals surface area contributed by atoms with E-state index in [2.05, 4.69) is 16.9 Å². The van der Waals surface area contributed by atoms with Crippen LogP contribution in [0, 0.1) is 0 Å². The Morgan fingerprint density at radius 3 is 2.57 bits per heavy atom. The highest BCUT2D eigenvalue weighted by Gasteiger charge is 2.24. The first-order valence-corrected chi connectivity index (χ1v) is 12.4. The van der Waals surface area contributed by atoms with Crippen LogP contribution in [0.4, 0.5) is 5.69 Å². The summed E-state index contributed by atoms with van der Waals surface area (Å²) in [6, 6.07) is 20.9. The van der Waals surface area contributed by atoms with Crippen LogP contribution in [-0.2, 0) is 17.8 Å². The van der Waals surface area contributed by atoms with Gasteiger partial charge in [-0.2, -0.15) is 0 Å². The number of nitrogens with one attached hydrogen (secondary N) is 1. The predicted octanol–water partition coefficient (Wildman–Crippen LogP) is 6.94. The SMILES string of the molecule is C=CCc1cc(/C=C2\SC(=Nc3ccccc3)NC2=O)cc(OCC)c1OCc1ccc(Cl)cc1. The maximum absolute atomic E-state index is 12.6. The van der Waals surface area contributed by atoms with Crippen molar-refractivity contribution in [2.24, 2.45) is 4.99 Å². The Morgan fingerprint density at radius 1 is 1.09 bits per heavy atom. The molecule has 1 heterocycles. The van der Waals surface area contributed by atoms with Crippen LogP contribution in [0.2, 0.25) is 5.02 Å². The van der Waals surface area contributed by atoms with Crippen LogP contribution < -0.4 is 14.8 Å². The third-order valence-corrected chi connectivity index (χ3v) is 6.21. The van der Waals surface area contributed by atoms with Gasteiger partial charge in [-0.05, 0) is 78.7 Å². The minimum absolute atomic E-state index is 0.184. The molecule has 1 saturated heterocycles. The van der Waals surface area contributed by atoms with Crippen LogP contribution in [0.15, 0.2) is 89.3 Å². The number of para-hydroxylation sites is 1. The van der Waals surface area contributed by atoms with Gasteiger partial charge in [-0.3, -0.25) is 4.79 Å². The Labute approximate surface area is 214 Å². The van der Waals surface area contributed by atoms with Gasteiger partial charge in [0.1, 0.15) is 6.61 Å². The minimum Gasteiger partial charge on any atom is -0.490 e. The second-order valence-electron chi connectivity index (χ2n) is 7.67. The number of thioether (sulfide) groups is 1. The van der Waals surface area contributed by atoms with E-state index in [1.54, 1.807) is 0 Å². The predicted molar refractivity (Wildman–Crippen MR) is 145 cm³/mol. The van der Waals surface area contributed by atoms with Gasteiger partial charge in [-0.15, -0.1) is 6.58 Å². The first-order valence-electron chi connectivity index (χ1n) is 11.2. The molecule has 0 spiro atoms. The highest BCUT2D eigenvalue weighted by atomic mass is 35.5. The zero-order chi connectivity index (χ0) is 24.6. The molecule has 0 saturated carbocycles. The number of nitrogens with zero attached hydrogens (tertiary/aromatic N) is 1. The molecule has 5 nitrogen and oxygen atoms in total. The van der Waals surface area contributed by atoms with Crippen molar-refractivity contribution in [1.82, 2.24) is 5.32 Å². The quantitative estimate of drug-likeness (QED) is 0.253. The molecule has 0 radical (unpaired) electrons. The first kappa shape index (κ1) is 24.6. The molecule has 4 rings (SSSR count). The number of allylic oxidation sites excluding steroid dienone is 1. The van der Waals surface area contributed by atoms with Crippen LogP contribution in [-0.4, -0.2) is 17.7 Å². The molecular formula is C28H25ClN2O3S. The van der Waals surface area contributed by atoms with Gasteiger partial charge in [-0.25, -0.2) is 4.99 Å². The lowest BCUT2D eigenvalue weighted by molar-refractivity contribution is -0.115. The first-order chi connectivity index (χ1) is 17.1. The zero-order valence-electron chi connectivity index (χ0n) is 19.3. The van der Waals surface area contributed by atoms with Crippen molar-refractivity contribution in [2.45, 2.75) is 20.0 Å². The van der Waals surface area contributed by atoms with Gasteiger partial charge in [0.15, 0.2) is 16.7 Å². The number of ether oxygens (including phenoxy) is 2. The lowest BCUT2D eigenvalue weighted by Crippen LogP contribution is -2.19. The molecule has 3 aromatic rings. The summed E-state index contributed by atoms with van der Waals surface area (Å²) in [4.78, 5) is 17.7. The van der Waals surface area contributed by atoms with Crippen molar-refractivity contribution in [3.63, 3.8) is 0 Å². The van der Waals surface area contributed by atoms with E-state index >= 15 is 0 Å². The molecule has 3 aromatic carbocycles. The Morgan fingerprint density at radius 2 is 1.86 bits per heavy atom. The highest BCUT2D eigenvalue weighted by Crippen LogP contribution is 2.37. The summed E-state index contributed by atoms with van der Waals surface area (Å²) < 4.78 is 12.1. The van der Waals surface area contributed by atoms with Gasteiger partial charge in [0.25, 0.3) is 5.91 Å². The molecule has 1 fully saturated rings. The number of halogens is 1. The number of carbonyl (C=O) groups is 1. The van der Waals surface area contributed by atoms with Crippen molar-refractivity contribution in [3.8, 4) is 11.5 Å². The Balaban J connectivity index is 1.62. The second-order valence-corrected chi connectivity index (χ2v) is 9.13. The zero-order valence-corrected chi connectivity index (χ0v) is 20.9. The maximum Gasteiger partial charge on any atom is 0.264 e. The third kappa shape index (κ3) is 6.56. The van der Waals surface area contributed by atoms with Crippen LogP contribution in [0.1, 0.15) is 23.6 Å². The van der Waals surface area contributed by atoms with E-state index in [0.717, 1.165) is 22.4 Å². The summed E-state index contributed by atoms with van der Waals surface area (Å²) in [6.45, 7) is 6.66. The largest absolute Gasteiger partial charge is 0.490 e. The van der Waals surface area contributed by atoms with E-state index in [4.69, 9.17) is 21.1 Å². The normalized spacial score (nSPS) is 15.3. The molecule has 0 aliphatic carbocycles. The number of carbonyl (C=O) groups excluding carboxylic acids is 1. The summed E-state index contributed by atoms with van der Waals surface area (Å²) in [5.74, 6) is 1.10. The van der Waals surface area contributed by atoms with E-state index in [0.29, 0.717) is 46.2 Å². The summed E-state index contributed by atoms with van der Waals surface area (Å²) in [7, 11) is 0. The van der Waals surface area contributed by atoms with E-state index in [1.165, 1.54) is 11.8 Å². The average molecular weight is 505 g/mol. The van der Waals surface area contributed by atoms with Crippen molar-refractivity contribution < 1.29 is 14.3 Å². The average Bonchev–Trinajstić information content (AvgIpc) is 3.19. The van der Waals surface area contributed by atoms with Gasteiger partial charge in [0.2, 0.25) is 0 Å². The summed E-state index contributed by atoms with van der Waals surface area (Å²) >= 11 is 7.30. The number of hydrogen-bond acceptors (Lipinski definition) is 5. The summed E-state index contributed by atoms with van der Waals surface area (Å²) in [5, 5.41) is 4.06. The van der Waals surface area contributed by atoms with Crippen molar-refractivity contribution >= 4 is 46.2 Å². The monoisotopic (exact) mass is 504 g/mol. The molecule has 1 N–H and O–H groups in total. The summed E-state index contributed by atoms with van der Waals surface area (Å²) in [6.07, 6.45) is 4.25. The van der Waals surface area contributed by atoms with Crippen molar-refractivity contribution in [2.75, 3.05) is 6.61 Å². The Bertz CT molecular complexity index is 1270. The third-order valence-electron chi connectivity index (χ3n) is 5.05. The molecule has 0 bridgehead atoms. The standard InChI is InChI=1S/C28H25ClN2O3S/c1-3-8-21-15-20(17-25-27(32)31-28(35-25)30-23-9-6-5-7-10-23)16-24(33-4-2)26(21)34-18-19-11-13-22(29)14-12-19/h3,5-7,9-17H,1,4,8,18H2,2H3,(H,30,31,32)/b25-17-. The van der Waals surface area contributed by atoms with E-state index in [-0.39, 0.29) is 5.91 Å². The van der Waals surface area contributed by atoms with Gasteiger partial charge < -0.3 is 14.8 Å². The molecule has 178 valence electrons. The molecule has 1 amide bonds. The fourth-order valence-corrected chi connectivity index (χ4v) is 4.46. The van der Waals surface area contributed by atoms with E-state index in [1.807, 2.05) is 85.8 Å². The number of amides is 1. The Hall–Kier alpha value is -3.48. The molecule has 7 heteroatoms. The molecule has 1 aliphatic heterocycles. The van der Waals surface area contributed by atoms with Gasteiger partial charge in [0.05, 0.1) is 17.2 Å². The van der Waals surface area contributed by atoms with Gasteiger partial charge in [-0.1, -0.05) is 48.0 Å². The fourth-order valence-electron chi connectivity index (χ4n) is 3.49. The Kier molecular flexibility index (Phi) is 8.29. The number of aliphatic imine (C=N–C) groups is 1. The lowest BCUT2D eigenvalue weighted by atomic mass is 10.0. The smallest absolute Gasteiger partial charge is 0.264 e. The van der Waals surface area contributed by atoms with Crippen LogP contribution in [0.5, 0.6) is 11.5 Å². The molecule has 0 aromatic heterocycles. The van der Waals surface area contributed by atoms with Crippen LogP contribution >= 0.6 is 23.4 Å². The summed E-state index contributed by atoms with van der Waals surface area (Å²) in [5.41, 5.74) is 3.54. The molecule has 0 atom stereocenters. The van der Waals surface area contributed by atoms with Crippen molar-refractivity contribution in [3.05, 3.63) is 106 Å². The van der Waals surface area contributed by atoms with Crippen LogP contribution in [0.3, 0.4) is 0 Å². The van der Waals surface area contributed by atoms with Gasteiger partial charge >= 0.3 is 0 Å². The molecule has 35 heavy (non-hydrogen) atoms. The van der Waals surface area contributed by atoms with Crippen molar-refractivity contribution in [1.29, 1.82) is 0 Å². The topological polar surface area (TPSA) is 59.9 Å².